The van der Waals surface area contributed by atoms with Crippen LogP contribution in [-0.4, -0.2) is 21.5 Å². The zero-order valence-electron chi connectivity index (χ0n) is 12.2. The smallest absolute Gasteiger partial charge is 0.338 e. The highest BCUT2D eigenvalue weighted by molar-refractivity contribution is 7.89. The first-order valence-corrected chi connectivity index (χ1v) is 8.36. The van der Waals surface area contributed by atoms with E-state index in [-0.39, 0.29) is 22.1 Å². The molecule has 0 spiro atoms. The predicted octanol–water partition coefficient (Wildman–Crippen LogP) is 2.35. The number of halogens is 1. The summed E-state index contributed by atoms with van der Waals surface area (Å²) in [7, 11) is -2.46. The Morgan fingerprint density at radius 2 is 1.83 bits per heavy atom. The van der Waals surface area contributed by atoms with E-state index in [1.807, 2.05) is 0 Å². The van der Waals surface area contributed by atoms with E-state index < -0.39 is 16.0 Å². The fourth-order valence-electron chi connectivity index (χ4n) is 1.80. The van der Waals surface area contributed by atoms with Crippen molar-refractivity contribution in [1.29, 1.82) is 0 Å². The average molecular weight is 356 g/mol. The van der Waals surface area contributed by atoms with Gasteiger partial charge in [-0.05, 0) is 35.9 Å². The molecular formula is C15H14ClNO5S. The zero-order chi connectivity index (χ0) is 17.0. The molecule has 0 amide bonds. The minimum Gasteiger partial charge on any atom is -0.497 e. The van der Waals surface area contributed by atoms with Crippen LogP contribution in [0.5, 0.6) is 5.75 Å². The molecule has 2 rings (SSSR count). The molecule has 122 valence electrons. The number of sulfonamides is 1. The van der Waals surface area contributed by atoms with E-state index in [0.29, 0.717) is 5.75 Å². The number of benzene rings is 2. The summed E-state index contributed by atoms with van der Waals surface area (Å²) in [5.74, 6) is 0.0120. The molecule has 0 fully saturated rings. The number of ether oxygens (including phenoxy) is 2. The van der Waals surface area contributed by atoms with Gasteiger partial charge in [0.2, 0.25) is 10.0 Å². The number of methoxy groups -OCH3 is 1. The van der Waals surface area contributed by atoms with Crippen LogP contribution in [0, 0.1) is 0 Å². The van der Waals surface area contributed by atoms with Crippen LogP contribution in [0.2, 0.25) is 5.02 Å². The summed E-state index contributed by atoms with van der Waals surface area (Å²) in [6.07, 6.45) is 0. The monoisotopic (exact) mass is 355 g/mol. The van der Waals surface area contributed by atoms with E-state index in [9.17, 15) is 13.2 Å². The molecular weight excluding hydrogens is 342 g/mol. The molecule has 0 heterocycles. The molecule has 0 saturated carbocycles. The van der Waals surface area contributed by atoms with Gasteiger partial charge in [0.1, 0.15) is 17.3 Å². The Kier molecular flexibility index (Phi) is 5.25. The van der Waals surface area contributed by atoms with Crippen molar-refractivity contribution in [3.05, 3.63) is 58.6 Å². The van der Waals surface area contributed by atoms with Gasteiger partial charge in [0.15, 0.2) is 0 Å². The maximum atomic E-state index is 12.0. The normalized spacial score (nSPS) is 11.1. The largest absolute Gasteiger partial charge is 0.497 e. The number of hydrogen-bond donors (Lipinski definition) is 1. The fraction of sp³-hybridized carbons (Fsp3) is 0.133. The molecule has 0 bridgehead atoms. The lowest BCUT2D eigenvalue weighted by Crippen LogP contribution is -2.14. The number of carbonyl (C=O) groups excluding carboxylic acids is 1. The maximum absolute atomic E-state index is 12.0. The van der Waals surface area contributed by atoms with Crippen LogP contribution in [0.4, 0.5) is 0 Å². The van der Waals surface area contributed by atoms with Crippen LogP contribution in [0.1, 0.15) is 15.9 Å². The lowest BCUT2D eigenvalue weighted by molar-refractivity contribution is 0.0472. The predicted molar refractivity (Wildman–Crippen MR) is 84.9 cm³/mol. The number of rotatable bonds is 5. The highest BCUT2D eigenvalue weighted by atomic mass is 35.5. The van der Waals surface area contributed by atoms with Gasteiger partial charge in [-0.2, -0.15) is 0 Å². The van der Waals surface area contributed by atoms with Gasteiger partial charge in [0.05, 0.1) is 17.7 Å². The quantitative estimate of drug-likeness (QED) is 0.830. The van der Waals surface area contributed by atoms with Crippen LogP contribution in [0.25, 0.3) is 0 Å². The van der Waals surface area contributed by atoms with Crippen molar-refractivity contribution in [2.75, 3.05) is 7.11 Å². The number of primary sulfonamides is 1. The summed E-state index contributed by atoms with van der Waals surface area (Å²) in [6, 6.07) is 10.7. The van der Waals surface area contributed by atoms with Gasteiger partial charge < -0.3 is 9.47 Å². The Morgan fingerprint density at radius 1 is 1.17 bits per heavy atom. The van der Waals surface area contributed by atoms with Gasteiger partial charge in [-0.15, -0.1) is 0 Å². The lowest BCUT2D eigenvalue weighted by Gasteiger charge is -2.08. The van der Waals surface area contributed by atoms with Crippen molar-refractivity contribution in [2.24, 2.45) is 5.14 Å². The number of carbonyl (C=O) groups is 1. The molecule has 0 radical (unpaired) electrons. The highest BCUT2D eigenvalue weighted by Crippen LogP contribution is 2.22. The standard InChI is InChI=1S/C15H14ClNO5S/c1-21-12-5-2-10(3-6-12)9-22-15(18)11-4-7-13(16)14(8-11)23(17,19)20/h2-8H,9H2,1H3,(H2,17,19,20). The summed E-state index contributed by atoms with van der Waals surface area (Å²) >= 11 is 5.76. The Hall–Kier alpha value is -2.09. The molecule has 2 aromatic rings. The molecule has 23 heavy (non-hydrogen) atoms. The first-order chi connectivity index (χ1) is 10.8. The van der Waals surface area contributed by atoms with Gasteiger partial charge in [-0.3, -0.25) is 0 Å². The third-order valence-corrected chi connectivity index (χ3v) is 4.39. The van der Waals surface area contributed by atoms with E-state index in [1.54, 1.807) is 31.4 Å². The number of hydrogen-bond acceptors (Lipinski definition) is 5. The number of nitrogens with two attached hydrogens (primary N) is 1. The molecule has 6 nitrogen and oxygen atoms in total. The van der Waals surface area contributed by atoms with E-state index in [0.717, 1.165) is 11.6 Å². The summed E-state index contributed by atoms with van der Waals surface area (Å²) in [6.45, 7) is 0.0379. The second-order valence-corrected chi connectivity index (χ2v) is 6.55. The molecule has 0 aromatic heterocycles. The molecule has 2 N–H and O–H groups in total. The SMILES string of the molecule is COc1ccc(COC(=O)c2ccc(Cl)c(S(N)(=O)=O)c2)cc1. The Balaban J connectivity index is 2.11. The van der Waals surface area contributed by atoms with E-state index in [1.165, 1.54) is 12.1 Å². The van der Waals surface area contributed by atoms with Gasteiger partial charge >= 0.3 is 5.97 Å². The Morgan fingerprint density at radius 3 is 2.39 bits per heavy atom. The summed E-state index contributed by atoms with van der Waals surface area (Å²) < 4.78 is 33.0. The molecule has 0 aliphatic heterocycles. The number of esters is 1. The zero-order valence-corrected chi connectivity index (χ0v) is 13.7. The van der Waals surface area contributed by atoms with Crippen LogP contribution in [0.3, 0.4) is 0 Å². The Bertz CT molecular complexity index is 818. The minimum atomic E-state index is -4.02. The van der Waals surface area contributed by atoms with Crippen molar-refractivity contribution in [1.82, 2.24) is 0 Å². The molecule has 2 aromatic carbocycles. The summed E-state index contributed by atoms with van der Waals surface area (Å²) in [4.78, 5) is 11.7. The molecule has 8 heteroatoms. The van der Waals surface area contributed by atoms with Gasteiger partial charge in [0.25, 0.3) is 0 Å². The van der Waals surface area contributed by atoms with Crippen LogP contribution in [-0.2, 0) is 21.4 Å². The first kappa shape index (κ1) is 17.3. The molecule has 0 saturated heterocycles. The van der Waals surface area contributed by atoms with Gasteiger partial charge in [-0.25, -0.2) is 18.4 Å². The third kappa shape index (κ3) is 4.44. The minimum absolute atomic E-state index is 0.0379. The average Bonchev–Trinajstić information content (AvgIpc) is 2.52. The van der Waals surface area contributed by atoms with Crippen molar-refractivity contribution >= 4 is 27.6 Å². The second kappa shape index (κ2) is 6.99. The summed E-state index contributed by atoms with van der Waals surface area (Å²) in [5.41, 5.74) is 0.812. The van der Waals surface area contributed by atoms with E-state index >= 15 is 0 Å². The van der Waals surface area contributed by atoms with Crippen molar-refractivity contribution < 1.29 is 22.7 Å². The van der Waals surface area contributed by atoms with Crippen LogP contribution >= 0.6 is 11.6 Å². The van der Waals surface area contributed by atoms with Gasteiger partial charge in [-0.1, -0.05) is 23.7 Å². The molecule has 0 aliphatic carbocycles. The van der Waals surface area contributed by atoms with Crippen molar-refractivity contribution in [2.45, 2.75) is 11.5 Å². The summed E-state index contributed by atoms with van der Waals surface area (Å²) in [5, 5.41) is 4.99. The van der Waals surface area contributed by atoms with Crippen molar-refractivity contribution in [3.8, 4) is 5.75 Å². The van der Waals surface area contributed by atoms with Crippen LogP contribution < -0.4 is 9.88 Å². The lowest BCUT2D eigenvalue weighted by atomic mass is 10.2. The van der Waals surface area contributed by atoms with Crippen molar-refractivity contribution in [3.63, 3.8) is 0 Å². The Labute approximate surface area is 138 Å². The highest BCUT2D eigenvalue weighted by Gasteiger charge is 2.17. The maximum Gasteiger partial charge on any atom is 0.338 e. The fourth-order valence-corrected chi connectivity index (χ4v) is 2.87. The van der Waals surface area contributed by atoms with Gasteiger partial charge in [0, 0.05) is 0 Å². The van der Waals surface area contributed by atoms with Crippen LogP contribution in [0.15, 0.2) is 47.4 Å². The van der Waals surface area contributed by atoms with E-state index in [4.69, 9.17) is 26.2 Å². The molecule has 0 atom stereocenters. The molecule has 0 unspecified atom stereocenters. The third-order valence-electron chi connectivity index (χ3n) is 3.00. The first-order valence-electron chi connectivity index (χ1n) is 6.43. The molecule has 0 aliphatic rings. The topological polar surface area (TPSA) is 95.7 Å². The van der Waals surface area contributed by atoms with E-state index in [2.05, 4.69) is 0 Å². The second-order valence-electron chi connectivity index (χ2n) is 4.61.